The number of carbonyl (C=O) groups is 3. The Hall–Kier alpha value is -2.86. The predicted molar refractivity (Wildman–Crippen MR) is 94.6 cm³/mol. The van der Waals surface area contributed by atoms with E-state index in [0.717, 1.165) is 5.56 Å². The molecular weight excluding hydrogens is 344 g/mol. The zero-order valence-corrected chi connectivity index (χ0v) is 14.3. The average Bonchev–Trinajstić information content (AvgIpc) is 2.62. The van der Waals surface area contributed by atoms with Crippen LogP contribution in [0.15, 0.2) is 48.5 Å². The Kier molecular flexibility index (Phi) is 6.54. The van der Waals surface area contributed by atoms with Gasteiger partial charge in [-0.05, 0) is 36.8 Å². The van der Waals surface area contributed by atoms with Gasteiger partial charge in [0.2, 0.25) is 0 Å². The monoisotopic (exact) mass is 360 g/mol. The van der Waals surface area contributed by atoms with Gasteiger partial charge in [0.1, 0.15) is 6.54 Å². The van der Waals surface area contributed by atoms with Crippen LogP contribution in [0.5, 0.6) is 0 Å². The van der Waals surface area contributed by atoms with E-state index in [0.29, 0.717) is 16.3 Å². The summed E-state index contributed by atoms with van der Waals surface area (Å²) in [4.78, 5) is 35.2. The number of nitrogens with one attached hydrogen (secondary N) is 2. The number of hydrogen-bond acceptors (Lipinski definition) is 4. The maximum atomic E-state index is 11.8. The van der Waals surface area contributed by atoms with E-state index in [1.807, 2.05) is 0 Å². The molecule has 7 heteroatoms. The van der Waals surface area contributed by atoms with E-state index in [9.17, 15) is 14.4 Å². The molecule has 0 aliphatic carbocycles. The van der Waals surface area contributed by atoms with Gasteiger partial charge in [-0.1, -0.05) is 35.9 Å². The van der Waals surface area contributed by atoms with Crippen molar-refractivity contribution in [2.45, 2.75) is 6.92 Å². The van der Waals surface area contributed by atoms with Gasteiger partial charge in [-0.25, -0.2) is 0 Å². The molecule has 2 amide bonds. The highest BCUT2D eigenvalue weighted by Crippen LogP contribution is 2.22. The smallest absolute Gasteiger partial charge is 0.325 e. The topological polar surface area (TPSA) is 84.5 Å². The third-order valence-electron chi connectivity index (χ3n) is 3.34. The SMILES string of the molecule is Cc1c(Cl)cccc1NC(=O)COC(=O)CNC(=O)c1ccccc1. The number of halogens is 1. The molecule has 2 rings (SSSR count). The molecule has 0 saturated carbocycles. The van der Waals surface area contributed by atoms with Crippen molar-refractivity contribution in [2.24, 2.45) is 0 Å². The van der Waals surface area contributed by atoms with Gasteiger partial charge < -0.3 is 15.4 Å². The molecule has 0 aliphatic heterocycles. The van der Waals surface area contributed by atoms with Crippen LogP contribution in [0.4, 0.5) is 5.69 Å². The van der Waals surface area contributed by atoms with Gasteiger partial charge in [-0.2, -0.15) is 0 Å². The van der Waals surface area contributed by atoms with Crippen LogP contribution in [0.2, 0.25) is 5.02 Å². The van der Waals surface area contributed by atoms with Crippen LogP contribution in [-0.4, -0.2) is 30.9 Å². The number of ether oxygens (including phenoxy) is 1. The molecule has 0 atom stereocenters. The van der Waals surface area contributed by atoms with Crippen molar-refractivity contribution >= 4 is 35.1 Å². The standard InChI is InChI=1S/C18H17ClN2O4/c1-12-14(19)8-5-9-15(12)21-16(22)11-25-17(23)10-20-18(24)13-6-3-2-4-7-13/h2-9H,10-11H2,1H3,(H,20,24)(H,21,22). The molecule has 0 fully saturated rings. The Morgan fingerprint density at radius 2 is 1.76 bits per heavy atom. The summed E-state index contributed by atoms with van der Waals surface area (Å²) in [5, 5.41) is 5.56. The van der Waals surface area contributed by atoms with Crippen molar-refractivity contribution in [3.8, 4) is 0 Å². The molecule has 2 N–H and O–H groups in total. The molecule has 2 aromatic carbocycles. The Balaban J connectivity index is 1.75. The van der Waals surface area contributed by atoms with E-state index in [1.165, 1.54) is 0 Å². The van der Waals surface area contributed by atoms with E-state index in [2.05, 4.69) is 10.6 Å². The lowest BCUT2D eigenvalue weighted by molar-refractivity contribution is -0.146. The molecule has 6 nitrogen and oxygen atoms in total. The molecule has 0 unspecified atom stereocenters. The van der Waals surface area contributed by atoms with Gasteiger partial charge in [0.05, 0.1) is 0 Å². The van der Waals surface area contributed by atoms with Gasteiger partial charge in [0.25, 0.3) is 11.8 Å². The second-order valence-electron chi connectivity index (χ2n) is 5.17. The summed E-state index contributed by atoms with van der Waals surface area (Å²) in [6.45, 7) is 0.992. The van der Waals surface area contributed by atoms with Crippen molar-refractivity contribution in [2.75, 3.05) is 18.5 Å². The van der Waals surface area contributed by atoms with E-state index >= 15 is 0 Å². The molecule has 0 bridgehead atoms. The minimum Gasteiger partial charge on any atom is -0.454 e. The van der Waals surface area contributed by atoms with Gasteiger partial charge in [-0.15, -0.1) is 0 Å². The first-order chi connectivity index (χ1) is 12.0. The average molecular weight is 361 g/mol. The van der Waals surface area contributed by atoms with Gasteiger partial charge in [0, 0.05) is 16.3 Å². The molecule has 0 heterocycles. The van der Waals surface area contributed by atoms with Gasteiger partial charge in [-0.3, -0.25) is 14.4 Å². The summed E-state index contributed by atoms with van der Waals surface area (Å²) in [5.41, 5.74) is 1.70. The Bertz CT molecular complexity index is 778. The number of amides is 2. The first-order valence-corrected chi connectivity index (χ1v) is 7.89. The van der Waals surface area contributed by atoms with Gasteiger partial charge >= 0.3 is 5.97 Å². The van der Waals surface area contributed by atoms with E-state index in [1.54, 1.807) is 55.5 Å². The largest absolute Gasteiger partial charge is 0.454 e. The van der Waals surface area contributed by atoms with Crippen LogP contribution in [0.1, 0.15) is 15.9 Å². The van der Waals surface area contributed by atoms with Crippen molar-refractivity contribution in [1.82, 2.24) is 5.32 Å². The molecule has 0 aliphatic rings. The van der Waals surface area contributed by atoms with Crippen molar-refractivity contribution in [3.63, 3.8) is 0 Å². The molecule has 2 aromatic rings. The summed E-state index contributed by atoms with van der Waals surface area (Å²) < 4.78 is 4.83. The van der Waals surface area contributed by atoms with E-state index in [-0.39, 0.29) is 6.54 Å². The van der Waals surface area contributed by atoms with Crippen molar-refractivity contribution < 1.29 is 19.1 Å². The maximum Gasteiger partial charge on any atom is 0.325 e. The number of esters is 1. The normalized spacial score (nSPS) is 10.0. The lowest BCUT2D eigenvalue weighted by Crippen LogP contribution is -2.32. The third kappa shape index (κ3) is 5.61. The zero-order valence-electron chi connectivity index (χ0n) is 13.5. The molecule has 0 saturated heterocycles. The van der Waals surface area contributed by atoms with Crippen LogP contribution >= 0.6 is 11.6 Å². The third-order valence-corrected chi connectivity index (χ3v) is 3.74. The number of hydrogen-bond donors (Lipinski definition) is 2. The summed E-state index contributed by atoms with van der Waals surface area (Å²) in [6.07, 6.45) is 0. The number of rotatable bonds is 6. The van der Waals surface area contributed by atoms with E-state index < -0.39 is 24.4 Å². The first kappa shape index (κ1) is 18.5. The highest BCUT2D eigenvalue weighted by molar-refractivity contribution is 6.31. The number of benzene rings is 2. The Morgan fingerprint density at radius 3 is 2.48 bits per heavy atom. The fraction of sp³-hybridized carbons (Fsp3) is 0.167. The molecule has 0 aromatic heterocycles. The molecule has 130 valence electrons. The minimum absolute atomic E-state index is 0.322. The molecule has 0 spiro atoms. The fourth-order valence-electron chi connectivity index (χ4n) is 1.97. The summed E-state index contributed by atoms with van der Waals surface area (Å²) in [5.74, 6) is -1.59. The highest BCUT2D eigenvalue weighted by atomic mass is 35.5. The Morgan fingerprint density at radius 1 is 1.04 bits per heavy atom. The minimum atomic E-state index is -0.706. The summed E-state index contributed by atoms with van der Waals surface area (Å²) in [6, 6.07) is 13.6. The lowest BCUT2D eigenvalue weighted by atomic mass is 10.2. The van der Waals surface area contributed by atoms with Crippen molar-refractivity contribution in [3.05, 3.63) is 64.7 Å². The molecular formula is C18H17ClN2O4. The zero-order chi connectivity index (χ0) is 18.2. The van der Waals surface area contributed by atoms with E-state index in [4.69, 9.17) is 16.3 Å². The second-order valence-corrected chi connectivity index (χ2v) is 5.58. The van der Waals surface area contributed by atoms with Crippen LogP contribution < -0.4 is 10.6 Å². The summed E-state index contributed by atoms with van der Waals surface area (Å²) >= 11 is 5.97. The summed E-state index contributed by atoms with van der Waals surface area (Å²) in [7, 11) is 0. The fourth-order valence-corrected chi connectivity index (χ4v) is 2.14. The predicted octanol–water partition coefficient (Wildman–Crippen LogP) is 2.56. The maximum absolute atomic E-state index is 11.8. The highest BCUT2D eigenvalue weighted by Gasteiger charge is 2.12. The number of anilines is 1. The second kappa shape index (κ2) is 8.84. The molecule has 0 radical (unpaired) electrons. The van der Waals surface area contributed by atoms with Gasteiger partial charge in [0.15, 0.2) is 6.61 Å². The molecule has 25 heavy (non-hydrogen) atoms. The first-order valence-electron chi connectivity index (χ1n) is 7.51. The van der Waals surface area contributed by atoms with Crippen LogP contribution in [0.3, 0.4) is 0 Å². The number of carbonyl (C=O) groups excluding carboxylic acids is 3. The Labute approximate surface area is 150 Å². The lowest BCUT2D eigenvalue weighted by Gasteiger charge is -2.10. The van der Waals surface area contributed by atoms with Crippen molar-refractivity contribution in [1.29, 1.82) is 0 Å². The quantitative estimate of drug-likeness (QED) is 0.775. The van der Waals surface area contributed by atoms with Crippen LogP contribution in [0, 0.1) is 6.92 Å². The van der Waals surface area contributed by atoms with Crippen LogP contribution in [0.25, 0.3) is 0 Å². The van der Waals surface area contributed by atoms with Crippen LogP contribution in [-0.2, 0) is 14.3 Å².